The summed E-state index contributed by atoms with van der Waals surface area (Å²) < 4.78 is 39.0. The Kier molecular flexibility index (Phi) is 6.34. The summed E-state index contributed by atoms with van der Waals surface area (Å²) in [6.07, 6.45) is 0.245. The third-order valence-corrected chi connectivity index (χ3v) is 6.43. The molecule has 1 saturated carbocycles. The smallest absolute Gasteiger partial charge is 0.322 e. The molecule has 12 heteroatoms. The van der Waals surface area contributed by atoms with Gasteiger partial charge in [0.05, 0.1) is 17.4 Å². The molecule has 0 saturated heterocycles. The molecular formula is C25H19F3N6O2S. The van der Waals surface area contributed by atoms with Gasteiger partial charge in [-0.05, 0) is 49.2 Å². The van der Waals surface area contributed by atoms with Crippen molar-refractivity contribution >= 4 is 56.0 Å². The molecule has 0 bridgehead atoms. The lowest BCUT2D eigenvalue weighted by molar-refractivity contribution is -0.137. The third kappa shape index (κ3) is 5.43. The zero-order valence-electron chi connectivity index (χ0n) is 19.1. The highest BCUT2D eigenvalue weighted by atomic mass is 32.1. The van der Waals surface area contributed by atoms with E-state index in [0.29, 0.717) is 26.9 Å². The summed E-state index contributed by atoms with van der Waals surface area (Å²) in [4.78, 5) is 40.0. The second-order valence-electron chi connectivity index (χ2n) is 8.28. The number of nitrogens with one attached hydrogen (secondary N) is 2. The van der Waals surface area contributed by atoms with Gasteiger partial charge in [-0.2, -0.15) is 18.2 Å². The van der Waals surface area contributed by atoms with Crippen LogP contribution in [0.25, 0.3) is 10.3 Å². The molecule has 2 heterocycles. The SMILES string of the molecule is C=CN(c1cccc(NC(=O)c2cccc(C(F)(F)F)c2)c1)c1ncc2nc(NC(=O)C3CC3)sc2n1. The minimum absolute atomic E-state index is 0.0475. The van der Waals surface area contributed by atoms with Gasteiger partial charge in [-0.1, -0.05) is 30.0 Å². The van der Waals surface area contributed by atoms with Crippen molar-refractivity contribution < 1.29 is 22.8 Å². The Hall–Kier alpha value is -4.32. The maximum absolute atomic E-state index is 13.0. The van der Waals surface area contributed by atoms with E-state index >= 15 is 0 Å². The van der Waals surface area contributed by atoms with E-state index in [1.807, 2.05) is 0 Å². The van der Waals surface area contributed by atoms with E-state index in [1.54, 1.807) is 29.2 Å². The molecule has 8 nitrogen and oxygen atoms in total. The number of rotatable bonds is 7. The molecule has 37 heavy (non-hydrogen) atoms. The van der Waals surface area contributed by atoms with Crippen LogP contribution in [-0.4, -0.2) is 26.8 Å². The average molecular weight is 525 g/mol. The highest BCUT2D eigenvalue weighted by Crippen LogP contribution is 2.33. The van der Waals surface area contributed by atoms with Crippen molar-refractivity contribution in [3.05, 3.63) is 78.6 Å². The molecule has 188 valence electrons. The van der Waals surface area contributed by atoms with Crippen molar-refractivity contribution in [1.82, 2.24) is 15.0 Å². The maximum atomic E-state index is 13.0. The van der Waals surface area contributed by atoms with Crippen molar-refractivity contribution in [1.29, 1.82) is 0 Å². The van der Waals surface area contributed by atoms with Crippen molar-refractivity contribution in [2.45, 2.75) is 19.0 Å². The van der Waals surface area contributed by atoms with Gasteiger partial charge in [0, 0.05) is 23.4 Å². The van der Waals surface area contributed by atoms with E-state index in [1.165, 1.54) is 35.9 Å². The number of benzene rings is 2. The zero-order chi connectivity index (χ0) is 26.2. The lowest BCUT2D eigenvalue weighted by Crippen LogP contribution is -2.15. The molecule has 1 aliphatic rings. The van der Waals surface area contributed by atoms with Crippen molar-refractivity contribution in [2.75, 3.05) is 15.5 Å². The number of fused-ring (bicyclic) bond motifs is 1. The van der Waals surface area contributed by atoms with Crippen LogP contribution in [0.3, 0.4) is 0 Å². The van der Waals surface area contributed by atoms with E-state index in [0.717, 1.165) is 25.0 Å². The second kappa shape index (κ2) is 9.62. The number of carbonyl (C=O) groups excluding carboxylic acids is 2. The molecular weight excluding hydrogens is 505 g/mol. The standard InChI is InChI=1S/C25H19F3N6O2S/c1-2-34(23-29-13-19-22(33-23)37-24(31-19)32-20(35)14-9-10-14)18-8-4-7-17(12-18)30-21(36)15-5-3-6-16(11-15)25(26,27)28/h2-8,11-14H,1,9-10H2,(H,30,36)(H,31,32,35). The van der Waals surface area contributed by atoms with Crippen molar-refractivity contribution in [3.63, 3.8) is 0 Å². The first-order valence-electron chi connectivity index (χ1n) is 11.2. The summed E-state index contributed by atoms with van der Waals surface area (Å²) in [5.74, 6) is -0.403. The molecule has 0 aliphatic heterocycles. The first-order valence-corrected chi connectivity index (χ1v) is 12.0. The topological polar surface area (TPSA) is 100 Å². The fourth-order valence-electron chi connectivity index (χ4n) is 3.53. The van der Waals surface area contributed by atoms with Gasteiger partial charge >= 0.3 is 6.18 Å². The van der Waals surface area contributed by atoms with Crippen LogP contribution < -0.4 is 15.5 Å². The minimum Gasteiger partial charge on any atom is -0.322 e. The van der Waals surface area contributed by atoms with Crippen molar-refractivity contribution in [3.8, 4) is 0 Å². The first kappa shape index (κ1) is 24.4. The number of thiazole rings is 1. The van der Waals surface area contributed by atoms with Crippen LogP contribution >= 0.6 is 11.3 Å². The van der Waals surface area contributed by atoms with Gasteiger partial charge < -0.3 is 10.6 Å². The molecule has 2 N–H and O–H groups in total. The number of amides is 2. The highest BCUT2D eigenvalue weighted by molar-refractivity contribution is 7.21. The van der Waals surface area contributed by atoms with Crippen LogP contribution in [0, 0.1) is 5.92 Å². The van der Waals surface area contributed by atoms with Gasteiger partial charge in [0.2, 0.25) is 11.9 Å². The van der Waals surface area contributed by atoms with Crippen LogP contribution in [0.5, 0.6) is 0 Å². The van der Waals surface area contributed by atoms with Crippen molar-refractivity contribution in [2.24, 2.45) is 5.92 Å². The molecule has 0 radical (unpaired) electrons. The van der Waals surface area contributed by atoms with Crippen LogP contribution in [0.15, 0.2) is 67.5 Å². The van der Waals surface area contributed by atoms with Crippen LogP contribution in [0.4, 0.5) is 35.6 Å². The van der Waals surface area contributed by atoms with Gasteiger partial charge in [-0.25, -0.2) is 9.97 Å². The van der Waals surface area contributed by atoms with E-state index in [2.05, 4.69) is 32.2 Å². The van der Waals surface area contributed by atoms with Gasteiger partial charge in [-0.15, -0.1) is 0 Å². The molecule has 2 aromatic heterocycles. The summed E-state index contributed by atoms with van der Waals surface area (Å²) in [7, 11) is 0. The molecule has 2 aromatic carbocycles. The third-order valence-electron chi connectivity index (χ3n) is 5.55. The minimum atomic E-state index is -4.55. The molecule has 4 aromatic rings. The predicted octanol–water partition coefficient (Wildman–Crippen LogP) is 5.99. The van der Waals surface area contributed by atoms with E-state index in [-0.39, 0.29) is 23.3 Å². The molecule has 2 amide bonds. The molecule has 5 rings (SSSR count). The van der Waals surface area contributed by atoms with Crippen LogP contribution in [0.1, 0.15) is 28.8 Å². The molecule has 0 spiro atoms. The van der Waals surface area contributed by atoms with Gasteiger partial charge in [0.15, 0.2) is 9.96 Å². The lowest BCUT2D eigenvalue weighted by atomic mass is 10.1. The van der Waals surface area contributed by atoms with Gasteiger partial charge in [0.25, 0.3) is 5.91 Å². The average Bonchev–Trinajstić information content (AvgIpc) is 3.65. The Morgan fingerprint density at radius 1 is 1.08 bits per heavy atom. The number of hydrogen-bond acceptors (Lipinski definition) is 7. The van der Waals surface area contributed by atoms with E-state index in [9.17, 15) is 22.8 Å². The highest BCUT2D eigenvalue weighted by Gasteiger charge is 2.31. The number of nitrogens with zero attached hydrogens (tertiary/aromatic N) is 4. The maximum Gasteiger partial charge on any atom is 0.416 e. The first-order chi connectivity index (χ1) is 17.7. The van der Waals surface area contributed by atoms with Gasteiger partial charge in [-0.3, -0.25) is 14.5 Å². The Balaban J connectivity index is 1.36. The zero-order valence-corrected chi connectivity index (χ0v) is 19.9. The fraction of sp³-hybridized carbons (Fsp3) is 0.160. The quantitative estimate of drug-likeness (QED) is 0.308. The number of aromatic nitrogens is 3. The van der Waals surface area contributed by atoms with E-state index < -0.39 is 17.6 Å². The number of carbonyl (C=O) groups is 2. The largest absolute Gasteiger partial charge is 0.416 e. The number of halogens is 3. The summed E-state index contributed by atoms with van der Waals surface area (Å²) in [5.41, 5.74) is 0.423. The predicted molar refractivity (Wildman–Crippen MR) is 135 cm³/mol. The molecule has 1 aliphatic carbocycles. The summed E-state index contributed by atoms with van der Waals surface area (Å²) in [6, 6.07) is 10.8. The normalized spacial score (nSPS) is 13.3. The molecule has 0 unspecified atom stereocenters. The monoisotopic (exact) mass is 524 g/mol. The lowest BCUT2D eigenvalue weighted by Gasteiger charge is -2.18. The van der Waals surface area contributed by atoms with E-state index in [4.69, 9.17) is 0 Å². The summed E-state index contributed by atoms with van der Waals surface area (Å²) in [5, 5.41) is 5.87. The van der Waals surface area contributed by atoms with Crippen LogP contribution in [-0.2, 0) is 11.0 Å². The summed E-state index contributed by atoms with van der Waals surface area (Å²) >= 11 is 1.23. The number of alkyl halides is 3. The Labute approximate surface area is 212 Å². The molecule has 0 atom stereocenters. The number of anilines is 4. The van der Waals surface area contributed by atoms with Gasteiger partial charge in [0.1, 0.15) is 5.52 Å². The Morgan fingerprint density at radius 2 is 1.86 bits per heavy atom. The second-order valence-corrected chi connectivity index (χ2v) is 9.26. The molecule has 1 fully saturated rings. The number of hydrogen-bond donors (Lipinski definition) is 2. The van der Waals surface area contributed by atoms with Crippen LogP contribution in [0.2, 0.25) is 0 Å². The Morgan fingerprint density at radius 3 is 2.59 bits per heavy atom. The Bertz CT molecular complexity index is 1520. The summed E-state index contributed by atoms with van der Waals surface area (Å²) in [6.45, 7) is 3.82. The fourth-order valence-corrected chi connectivity index (χ4v) is 4.33.